The van der Waals surface area contributed by atoms with Crippen LogP contribution in [-0.2, 0) is 0 Å². The van der Waals surface area contributed by atoms with Gasteiger partial charge in [-0.25, -0.2) is 4.98 Å². The van der Waals surface area contributed by atoms with Gasteiger partial charge in [0, 0.05) is 10.9 Å². The third-order valence-electron chi connectivity index (χ3n) is 2.65. The molecule has 0 saturated carbocycles. The molecule has 0 fully saturated rings. The molecular weight excluding hydrogens is 337 g/mol. The molecule has 0 aliphatic carbocycles. The number of amides is 1. The van der Waals surface area contributed by atoms with Crippen LogP contribution >= 0.6 is 34.5 Å². The second-order valence-electron chi connectivity index (χ2n) is 4.13. The van der Waals surface area contributed by atoms with Crippen LogP contribution in [0.4, 0.5) is 5.69 Å². The van der Waals surface area contributed by atoms with E-state index in [4.69, 9.17) is 23.2 Å². The van der Waals surface area contributed by atoms with Gasteiger partial charge in [-0.1, -0.05) is 23.2 Å². The molecule has 1 N–H and O–H groups in total. The number of thiophene rings is 1. The van der Waals surface area contributed by atoms with E-state index in [1.54, 1.807) is 19.1 Å². The van der Waals surface area contributed by atoms with E-state index in [1.807, 2.05) is 0 Å². The lowest BCUT2D eigenvalue weighted by molar-refractivity contribution is -0.385. The molecule has 0 aromatic carbocycles. The van der Waals surface area contributed by atoms with Gasteiger partial charge in [-0.05, 0) is 19.1 Å². The van der Waals surface area contributed by atoms with Gasteiger partial charge in [-0.15, -0.1) is 11.3 Å². The first kappa shape index (κ1) is 15.7. The lowest BCUT2D eigenvalue weighted by Crippen LogP contribution is -2.26. The molecule has 2 aromatic rings. The van der Waals surface area contributed by atoms with E-state index in [2.05, 4.69) is 10.3 Å². The number of rotatable bonds is 4. The normalized spacial score (nSPS) is 12.0. The zero-order chi connectivity index (χ0) is 15.6. The highest BCUT2D eigenvalue weighted by Gasteiger charge is 2.19. The molecule has 110 valence electrons. The molecule has 0 saturated heterocycles. The van der Waals surface area contributed by atoms with Crippen LogP contribution in [0, 0.1) is 10.1 Å². The Morgan fingerprint density at radius 3 is 2.76 bits per heavy atom. The molecule has 2 heterocycles. The average molecular weight is 346 g/mol. The van der Waals surface area contributed by atoms with E-state index < -0.39 is 10.8 Å². The van der Waals surface area contributed by atoms with Crippen molar-refractivity contribution >= 4 is 46.1 Å². The van der Waals surface area contributed by atoms with Gasteiger partial charge in [0.2, 0.25) is 0 Å². The third-order valence-corrected chi connectivity index (χ3v) is 4.36. The first-order valence-electron chi connectivity index (χ1n) is 5.74. The molecule has 21 heavy (non-hydrogen) atoms. The molecule has 9 heteroatoms. The molecule has 0 aliphatic heterocycles. The highest BCUT2D eigenvalue weighted by molar-refractivity contribution is 7.16. The van der Waals surface area contributed by atoms with Crippen LogP contribution in [0.3, 0.4) is 0 Å². The van der Waals surface area contributed by atoms with Crippen molar-refractivity contribution in [2.24, 2.45) is 0 Å². The quantitative estimate of drug-likeness (QED) is 0.518. The van der Waals surface area contributed by atoms with E-state index in [9.17, 15) is 14.9 Å². The summed E-state index contributed by atoms with van der Waals surface area (Å²) in [7, 11) is 0. The Morgan fingerprint density at radius 2 is 2.19 bits per heavy atom. The fourth-order valence-electron chi connectivity index (χ4n) is 1.60. The smallest absolute Gasteiger partial charge is 0.288 e. The monoisotopic (exact) mass is 345 g/mol. The Bertz CT molecular complexity index is 705. The third kappa shape index (κ3) is 3.69. The number of halogens is 2. The van der Waals surface area contributed by atoms with Crippen molar-refractivity contribution in [2.75, 3.05) is 0 Å². The van der Waals surface area contributed by atoms with E-state index in [-0.39, 0.29) is 22.4 Å². The average Bonchev–Trinajstić information content (AvgIpc) is 2.85. The Kier molecular flexibility index (Phi) is 4.76. The predicted octanol–water partition coefficient (Wildman–Crippen LogP) is 3.85. The summed E-state index contributed by atoms with van der Waals surface area (Å²) in [6.45, 7) is 1.78. The van der Waals surface area contributed by atoms with Gasteiger partial charge >= 0.3 is 0 Å². The number of hydrogen-bond acceptors (Lipinski definition) is 5. The van der Waals surface area contributed by atoms with Crippen molar-refractivity contribution in [3.05, 3.63) is 54.4 Å². The molecule has 1 atom stereocenters. The van der Waals surface area contributed by atoms with Gasteiger partial charge < -0.3 is 5.32 Å². The molecule has 0 spiro atoms. The highest BCUT2D eigenvalue weighted by atomic mass is 35.5. The van der Waals surface area contributed by atoms with Gasteiger partial charge in [0.1, 0.15) is 11.3 Å². The summed E-state index contributed by atoms with van der Waals surface area (Å²) in [6, 6.07) is 4.32. The lowest BCUT2D eigenvalue weighted by Gasteiger charge is -2.12. The van der Waals surface area contributed by atoms with Crippen LogP contribution in [0.5, 0.6) is 0 Å². The second kappa shape index (κ2) is 6.38. The maximum atomic E-state index is 12.1. The molecule has 0 radical (unpaired) electrons. The first-order chi connectivity index (χ1) is 9.88. The van der Waals surface area contributed by atoms with Crippen LogP contribution in [-0.4, -0.2) is 15.8 Å². The van der Waals surface area contributed by atoms with Crippen LogP contribution in [0.25, 0.3) is 0 Å². The number of nitro groups is 1. The van der Waals surface area contributed by atoms with Crippen molar-refractivity contribution < 1.29 is 9.72 Å². The SMILES string of the molecule is CC(NC(=O)c1cc([N+](=O)[O-])cnc1Cl)c1ccc(Cl)s1. The first-order valence-corrected chi connectivity index (χ1v) is 7.31. The Hall–Kier alpha value is -1.70. The number of carbonyl (C=O) groups excluding carboxylic acids is 1. The summed E-state index contributed by atoms with van der Waals surface area (Å²) < 4.78 is 0.612. The predicted molar refractivity (Wildman–Crippen MR) is 81.1 cm³/mol. The summed E-state index contributed by atoms with van der Waals surface area (Å²) in [4.78, 5) is 26.7. The van der Waals surface area contributed by atoms with Gasteiger partial charge in [0.25, 0.3) is 11.6 Å². The minimum Gasteiger partial charge on any atom is -0.345 e. The molecule has 2 aromatic heterocycles. The number of pyridine rings is 1. The van der Waals surface area contributed by atoms with Gasteiger partial charge in [0.15, 0.2) is 0 Å². The zero-order valence-corrected chi connectivity index (χ0v) is 13.0. The standard InChI is InChI=1S/C12H9Cl2N3O3S/c1-6(9-2-3-10(13)21-9)16-12(18)8-4-7(17(19)20)5-15-11(8)14/h2-6H,1H3,(H,16,18). The van der Waals surface area contributed by atoms with Gasteiger partial charge in [-0.3, -0.25) is 14.9 Å². The molecule has 0 bridgehead atoms. The second-order valence-corrected chi connectivity index (χ2v) is 6.23. The summed E-state index contributed by atoms with van der Waals surface area (Å²) in [5, 5.41) is 13.3. The zero-order valence-electron chi connectivity index (χ0n) is 10.7. The topological polar surface area (TPSA) is 85.1 Å². The number of nitrogens with zero attached hydrogens (tertiary/aromatic N) is 2. The number of aromatic nitrogens is 1. The fraction of sp³-hybridized carbons (Fsp3) is 0.167. The van der Waals surface area contributed by atoms with Gasteiger partial charge in [-0.2, -0.15) is 0 Å². The largest absolute Gasteiger partial charge is 0.345 e. The van der Waals surface area contributed by atoms with Crippen molar-refractivity contribution in [2.45, 2.75) is 13.0 Å². The van der Waals surface area contributed by atoms with Gasteiger partial charge in [0.05, 0.1) is 20.9 Å². The Balaban J connectivity index is 2.20. The minimum atomic E-state index is -0.636. The summed E-state index contributed by atoms with van der Waals surface area (Å²) in [5.74, 6) is -0.534. The summed E-state index contributed by atoms with van der Waals surface area (Å²) >= 11 is 13.0. The van der Waals surface area contributed by atoms with Crippen molar-refractivity contribution in [3.8, 4) is 0 Å². The summed E-state index contributed by atoms with van der Waals surface area (Å²) in [5.41, 5.74) is -0.336. The van der Waals surface area contributed by atoms with E-state index in [1.165, 1.54) is 11.3 Å². The van der Waals surface area contributed by atoms with Crippen LogP contribution in [0.2, 0.25) is 9.49 Å². The number of hydrogen-bond donors (Lipinski definition) is 1. The van der Waals surface area contributed by atoms with E-state index in [0.29, 0.717) is 4.34 Å². The number of nitrogens with one attached hydrogen (secondary N) is 1. The maximum Gasteiger partial charge on any atom is 0.288 e. The molecule has 1 unspecified atom stereocenters. The van der Waals surface area contributed by atoms with Crippen molar-refractivity contribution in [1.82, 2.24) is 10.3 Å². The highest BCUT2D eigenvalue weighted by Crippen LogP contribution is 2.27. The molecule has 2 rings (SSSR count). The molecule has 0 aliphatic rings. The van der Waals surface area contributed by atoms with Crippen LogP contribution < -0.4 is 5.32 Å². The lowest BCUT2D eigenvalue weighted by atomic mass is 10.2. The summed E-state index contributed by atoms with van der Waals surface area (Å²) in [6.07, 6.45) is 1.00. The number of carbonyl (C=O) groups is 1. The minimum absolute atomic E-state index is 0.0413. The van der Waals surface area contributed by atoms with Crippen molar-refractivity contribution in [3.63, 3.8) is 0 Å². The molecular formula is C12H9Cl2N3O3S. The fourth-order valence-corrected chi connectivity index (χ4v) is 2.86. The van der Waals surface area contributed by atoms with Crippen LogP contribution in [0.15, 0.2) is 24.4 Å². The van der Waals surface area contributed by atoms with Crippen LogP contribution in [0.1, 0.15) is 28.2 Å². The maximum absolute atomic E-state index is 12.1. The van der Waals surface area contributed by atoms with Crippen molar-refractivity contribution in [1.29, 1.82) is 0 Å². The Morgan fingerprint density at radius 1 is 1.48 bits per heavy atom. The van der Waals surface area contributed by atoms with E-state index in [0.717, 1.165) is 17.1 Å². The van der Waals surface area contributed by atoms with E-state index >= 15 is 0 Å². The molecule has 6 nitrogen and oxygen atoms in total. The Labute approximate surface area is 133 Å². The molecule has 1 amide bonds.